The first-order valence-electron chi connectivity index (χ1n) is 5.24. The Morgan fingerprint density at radius 2 is 1.95 bits per heavy atom. The van der Waals surface area contributed by atoms with Gasteiger partial charge >= 0.3 is 12.1 Å². The Balaban J connectivity index is 2.67. The van der Waals surface area contributed by atoms with Gasteiger partial charge in [0.15, 0.2) is 0 Å². The second-order valence-corrected chi connectivity index (χ2v) is 3.80. The second kappa shape index (κ2) is 4.72. The number of pyridine rings is 1. The molecule has 1 N–H and O–H groups in total. The average molecular weight is 267 g/mol. The van der Waals surface area contributed by atoms with Crippen molar-refractivity contribution in [1.29, 1.82) is 0 Å². The third-order valence-electron chi connectivity index (χ3n) is 2.54. The molecular weight excluding hydrogens is 259 g/mol. The van der Waals surface area contributed by atoms with E-state index < -0.39 is 17.7 Å². The zero-order valence-corrected chi connectivity index (χ0v) is 9.48. The van der Waals surface area contributed by atoms with E-state index in [0.717, 1.165) is 18.2 Å². The van der Waals surface area contributed by atoms with Crippen LogP contribution in [0, 0.1) is 0 Å². The minimum Gasteiger partial charge on any atom is -0.478 e. The number of carboxylic acid groups (broad SMARTS) is 1. The number of benzene rings is 1. The Hall–Kier alpha value is -2.37. The summed E-state index contributed by atoms with van der Waals surface area (Å²) in [7, 11) is 0. The molecule has 0 saturated carbocycles. The van der Waals surface area contributed by atoms with Crippen LogP contribution in [0.1, 0.15) is 15.9 Å². The molecule has 0 atom stereocenters. The van der Waals surface area contributed by atoms with Crippen LogP contribution in [0.5, 0.6) is 0 Å². The number of carbonyl (C=O) groups is 1. The van der Waals surface area contributed by atoms with Crippen molar-refractivity contribution in [2.45, 2.75) is 6.18 Å². The van der Waals surface area contributed by atoms with Crippen LogP contribution in [0.2, 0.25) is 0 Å². The molecule has 1 heterocycles. The smallest absolute Gasteiger partial charge is 0.417 e. The molecule has 0 fully saturated rings. The van der Waals surface area contributed by atoms with Crippen LogP contribution in [0.15, 0.2) is 42.7 Å². The van der Waals surface area contributed by atoms with Crippen LogP contribution in [0.3, 0.4) is 0 Å². The van der Waals surface area contributed by atoms with Gasteiger partial charge in [0.1, 0.15) is 0 Å². The number of rotatable bonds is 2. The summed E-state index contributed by atoms with van der Waals surface area (Å²) < 4.78 is 38.7. The number of alkyl halides is 3. The van der Waals surface area contributed by atoms with Crippen molar-refractivity contribution in [3.63, 3.8) is 0 Å². The van der Waals surface area contributed by atoms with E-state index in [0.29, 0.717) is 0 Å². The van der Waals surface area contributed by atoms with Gasteiger partial charge in [0.05, 0.1) is 11.1 Å². The molecule has 0 amide bonds. The summed E-state index contributed by atoms with van der Waals surface area (Å²) in [5.41, 5.74) is -1.06. The van der Waals surface area contributed by atoms with E-state index in [-0.39, 0.29) is 16.7 Å². The zero-order chi connectivity index (χ0) is 14.0. The molecule has 0 radical (unpaired) electrons. The Kier molecular flexibility index (Phi) is 3.25. The van der Waals surface area contributed by atoms with Crippen LogP contribution < -0.4 is 0 Å². The highest BCUT2D eigenvalue weighted by molar-refractivity contribution is 5.90. The van der Waals surface area contributed by atoms with Crippen molar-refractivity contribution >= 4 is 5.97 Å². The van der Waals surface area contributed by atoms with E-state index in [1.165, 1.54) is 24.5 Å². The highest BCUT2D eigenvalue weighted by Gasteiger charge is 2.34. The minimum atomic E-state index is -4.55. The fourth-order valence-corrected chi connectivity index (χ4v) is 1.69. The van der Waals surface area contributed by atoms with Gasteiger partial charge in [-0.1, -0.05) is 6.07 Å². The molecule has 2 rings (SSSR count). The van der Waals surface area contributed by atoms with E-state index >= 15 is 0 Å². The third kappa shape index (κ3) is 2.73. The Morgan fingerprint density at radius 3 is 2.47 bits per heavy atom. The van der Waals surface area contributed by atoms with Crippen LogP contribution in [-0.4, -0.2) is 16.1 Å². The second-order valence-electron chi connectivity index (χ2n) is 3.80. The number of nitrogens with zero attached hydrogens (tertiary/aromatic N) is 1. The number of aromatic nitrogens is 1. The van der Waals surface area contributed by atoms with Crippen molar-refractivity contribution in [2.75, 3.05) is 0 Å². The highest BCUT2D eigenvalue weighted by atomic mass is 19.4. The van der Waals surface area contributed by atoms with E-state index in [9.17, 15) is 18.0 Å². The summed E-state index contributed by atoms with van der Waals surface area (Å²) in [4.78, 5) is 14.6. The summed E-state index contributed by atoms with van der Waals surface area (Å²) in [5, 5.41) is 8.85. The highest BCUT2D eigenvalue weighted by Crippen LogP contribution is 2.37. The molecule has 98 valence electrons. The monoisotopic (exact) mass is 267 g/mol. The summed E-state index contributed by atoms with van der Waals surface area (Å²) in [6.45, 7) is 0. The molecule has 0 unspecified atom stereocenters. The topological polar surface area (TPSA) is 50.2 Å². The zero-order valence-electron chi connectivity index (χ0n) is 9.48. The summed E-state index contributed by atoms with van der Waals surface area (Å²) in [6.07, 6.45) is -1.86. The van der Waals surface area contributed by atoms with E-state index in [1.807, 2.05) is 0 Å². The molecule has 19 heavy (non-hydrogen) atoms. The standard InChI is InChI=1S/C13H8F3NO2/c14-13(15,16)11-4-3-8(12(18)19)6-10(11)9-2-1-5-17-7-9/h1-7H,(H,18,19). The quantitative estimate of drug-likeness (QED) is 0.906. The van der Waals surface area contributed by atoms with Gasteiger partial charge in [-0.2, -0.15) is 13.2 Å². The van der Waals surface area contributed by atoms with Crippen LogP contribution >= 0.6 is 0 Å². The predicted molar refractivity (Wildman–Crippen MR) is 61.6 cm³/mol. The molecule has 0 spiro atoms. The first-order chi connectivity index (χ1) is 8.89. The van der Waals surface area contributed by atoms with E-state index in [2.05, 4.69) is 4.98 Å². The fraction of sp³-hybridized carbons (Fsp3) is 0.0769. The van der Waals surface area contributed by atoms with Crippen LogP contribution in [0.25, 0.3) is 11.1 Å². The lowest BCUT2D eigenvalue weighted by molar-refractivity contribution is -0.137. The molecule has 1 aromatic carbocycles. The SMILES string of the molecule is O=C(O)c1ccc(C(F)(F)F)c(-c2cccnc2)c1. The lowest BCUT2D eigenvalue weighted by atomic mass is 9.98. The molecule has 0 aliphatic carbocycles. The van der Waals surface area contributed by atoms with Gasteiger partial charge in [-0.15, -0.1) is 0 Å². The van der Waals surface area contributed by atoms with E-state index in [4.69, 9.17) is 5.11 Å². The van der Waals surface area contributed by atoms with Crippen molar-refractivity contribution in [2.24, 2.45) is 0 Å². The minimum absolute atomic E-state index is 0.194. The summed E-state index contributed by atoms with van der Waals surface area (Å²) >= 11 is 0. The molecule has 0 saturated heterocycles. The fourth-order valence-electron chi connectivity index (χ4n) is 1.69. The number of halogens is 3. The molecular formula is C13H8F3NO2. The maximum Gasteiger partial charge on any atom is 0.417 e. The molecule has 2 aromatic rings. The van der Waals surface area contributed by atoms with Crippen molar-refractivity contribution in [3.05, 3.63) is 53.9 Å². The van der Waals surface area contributed by atoms with Gasteiger partial charge in [-0.05, 0) is 29.8 Å². The van der Waals surface area contributed by atoms with Gasteiger partial charge in [0, 0.05) is 18.0 Å². The van der Waals surface area contributed by atoms with Gasteiger partial charge in [0.25, 0.3) is 0 Å². The normalized spacial score (nSPS) is 11.3. The Labute approximate surface area is 106 Å². The Morgan fingerprint density at radius 1 is 1.21 bits per heavy atom. The first-order valence-corrected chi connectivity index (χ1v) is 5.24. The van der Waals surface area contributed by atoms with Gasteiger partial charge in [-0.25, -0.2) is 4.79 Å². The third-order valence-corrected chi connectivity index (χ3v) is 2.54. The molecule has 3 nitrogen and oxygen atoms in total. The number of aromatic carboxylic acids is 1. The maximum absolute atomic E-state index is 12.9. The molecule has 6 heteroatoms. The number of hydrogen-bond acceptors (Lipinski definition) is 2. The van der Waals surface area contributed by atoms with Crippen LogP contribution in [0.4, 0.5) is 13.2 Å². The number of hydrogen-bond donors (Lipinski definition) is 1. The molecule has 0 aliphatic rings. The Bertz CT molecular complexity index is 609. The van der Waals surface area contributed by atoms with Crippen molar-refractivity contribution < 1.29 is 23.1 Å². The van der Waals surface area contributed by atoms with Crippen LogP contribution in [-0.2, 0) is 6.18 Å². The summed E-state index contributed by atoms with van der Waals surface area (Å²) in [5.74, 6) is -1.28. The average Bonchev–Trinajstić information content (AvgIpc) is 2.38. The number of carboxylic acids is 1. The lowest BCUT2D eigenvalue weighted by Gasteiger charge is -2.13. The maximum atomic E-state index is 12.9. The molecule has 1 aromatic heterocycles. The van der Waals surface area contributed by atoms with E-state index in [1.54, 1.807) is 0 Å². The molecule has 0 bridgehead atoms. The van der Waals surface area contributed by atoms with Crippen molar-refractivity contribution in [1.82, 2.24) is 4.98 Å². The first kappa shape index (κ1) is 13.1. The van der Waals surface area contributed by atoms with Gasteiger partial charge < -0.3 is 5.11 Å². The predicted octanol–water partition coefficient (Wildman–Crippen LogP) is 3.47. The van der Waals surface area contributed by atoms with Crippen molar-refractivity contribution in [3.8, 4) is 11.1 Å². The molecule has 0 aliphatic heterocycles. The van der Waals surface area contributed by atoms with Gasteiger partial charge in [0.2, 0.25) is 0 Å². The summed E-state index contributed by atoms with van der Waals surface area (Å²) in [6, 6.07) is 5.64. The lowest BCUT2D eigenvalue weighted by Crippen LogP contribution is -2.09. The largest absolute Gasteiger partial charge is 0.478 e. The van der Waals surface area contributed by atoms with Gasteiger partial charge in [-0.3, -0.25) is 4.98 Å².